The molecule has 0 fully saturated rings. The molecule has 20 heavy (non-hydrogen) atoms. The fourth-order valence-electron chi connectivity index (χ4n) is 1.72. The summed E-state index contributed by atoms with van der Waals surface area (Å²) in [6, 6.07) is 12.9. The molecule has 0 unspecified atom stereocenters. The zero-order valence-corrected chi connectivity index (χ0v) is 13.2. The minimum atomic E-state index is -0.197. The lowest BCUT2D eigenvalue weighted by atomic mass is 10.2. The van der Waals surface area contributed by atoms with Crippen LogP contribution in [0.15, 0.2) is 42.5 Å². The summed E-state index contributed by atoms with van der Waals surface area (Å²) in [5.41, 5.74) is 8.02. The molecule has 5 heteroatoms. The Morgan fingerprint density at radius 3 is 2.75 bits per heavy atom. The highest BCUT2D eigenvalue weighted by Crippen LogP contribution is 2.20. The molecule has 0 aliphatic carbocycles. The van der Waals surface area contributed by atoms with Gasteiger partial charge in [-0.05, 0) is 65.4 Å². The van der Waals surface area contributed by atoms with Crippen molar-refractivity contribution in [3.05, 3.63) is 51.6 Å². The number of nitrogens with one attached hydrogen (secondary N) is 1. The number of hydrogen-bond acceptors (Lipinski definition) is 3. The summed E-state index contributed by atoms with van der Waals surface area (Å²) in [5, 5.41) is 2.81. The highest BCUT2D eigenvalue weighted by molar-refractivity contribution is 14.1. The number of ether oxygens (including phenoxy) is 1. The number of aryl methyl sites for hydroxylation is 1. The SMILES string of the molecule is Cc1cc(N)ccc1NC(=O)COc1ccccc1I. The number of hydrogen-bond donors (Lipinski definition) is 2. The van der Waals surface area contributed by atoms with Crippen molar-refractivity contribution in [2.75, 3.05) is 17.7 Å². The van der Waals surface area contributed by atoms with Crippen LogP contribution in [-0.2, 0) is 4.79 Å². The molecule has 3 N–H and O–H groups in total. The first kappa shape index (κ1) is 14.6. The van der Waals surface area contributed by atoms with E-state index in [1.54, 1.807) is 12.1 Å². The Morgan fingerprint density at radius 1 is 1.30 bits per heavy atom. The predicted molar refractivity (Wildman–Crippen MR) is 88.9 cm³/mol. The Hall–Kier alpha value is -1.76. The molecule has 2 aromatic carbocycles. The molecule has 104 valence electrons. The van der Waals surface area contributed by atoms with Crippen molar-refractivity contribution in [2.24, 2.45) is 0 Å². The average Bonchev–Trinajstić information content (AvgIpc) is 2.41. The number of amides is 1. The van der Waals surface area contributed by atoms with E-state index >= 15 is 0 Å². The second-order valence-corrected chi connectivity index (χ2v) is 5.50. The topological polar surface area (TPSA) is 64.3 Å². The Bertz CT molecular complexity index is 629. The normalized spacial score (nSPS) is 10.1. The molecule has 0 spiro atoms. The van der Waals surface area contributed by atoms with Gasteiger partial charge in [-0.2, -0.15) is 0 Å². The molecule has 0 aromatic heterocycles. The van der Waals surface area contributed by atoms with Crippen LogP contribution in [0.2, 0.25) is 0 Å². The average molecular weight is 382 g/mol. The number of benzene rings is 2. The highest BCUT2D eigenvalue weighted by Gasteiger charge is 2.07. The number of nitrogens with two attached hydrogens (primary N) is 1. The summed E-state index contributed by atoms with van der Waals surface area (Å²) in [7, 11) is 0. The molecule has 0 aliphatic heterocycles. The minimum Gasteiger partial charge on any atom is -0.483 e. The Kier molecular flexibility index (Phi) is 4.84. The maximum absolute atomic E-state index is 11.9. The van der Waals surface area contributed by atoms with E-state index in [4.69, 9.17) is 10.5 Å². The zero-order valence-electron chi connectivity index (χ0n) is 11.0. The Labute approximate surface area is 131 Å². The van der Waals surface area contributed by atoms with E-state index in [2.05, 4.69) is 27.9 Å². The molecule has 1 amide bonds. The summed E-state index contributed by atoms with van der Waals surface area (Å²) < 4.78 is 6.46. The van der Waals surface area contributed by atoms with Crippen LogP contribution in [0.4, 0.5) is 11.4 Å². The number of carbonyl (C=O) groups is 1. The lowest BCUT2D eigenvalue weighted by molar-refractivity contribution is -0.118. The van der Waals surface area contributed by atoms with Crippen LogP contribution in [0.3, 0.4) is 0 Å². The smallest absolute Gasteiger partial charge is 0.262 e. The van der Waals surface area contributed by atoms with E-state index in [-0.39, 0.29) is 12.5 Å². The van der Waals surface area contributed by atoms with Crippen LogP contribution in [-0.4, -0.2) is 12.5 Å². The third-order valence-corrected chi connectivity index (χ3v) is 3.61. The summed E-state index contributed by atoms with van der Waals surface area (Å²) in [4.78, 5) is 11.9. The molecule has 0 atom stereocenters. The summed E-state index contributed by atoms with van der Waals surface area (Å²) in [5.74, 6) is 0.509. The van der Waals surface area contributed by atoms with Crippen molar-refractivity contribution < 1.29 is 9.53 Å². The first-order valence-corrected chi connectivity index (χ1v) is 7.17. The fraction of sp³-hybridized carbons (Fsp3) is 0.133. The summed E-state index contributed by atoms with van der Waals surface area (Å²) in [6.07, 6.45) is 0. The summed E-state index contributed by atoms with van der Waals surface area (Å²) >= 11 is 2.17. The maximum Gasteiger partial charge on any atom is 0.262 e. The van der Waals surface area contributed by atoms with Crippen LogP contribution in [0, 0.1) is 10.5 Å². The first-order valence-electron chi connectivity index (χ1n) is 6.09. The number of carbonyl (C=O) groups excluding carboxylic acids is 1. The largest absolute Gasteiger partial charge is 0.483 e. The minimum absolute atomic E-state index is 0.0240. The third kappa shape index (κ3) is 3.86. The summed E-state index contributed by atoms with van der Waals surface area (Å²) in [6.45, 7) is 1.87. The molecule has 0 saturated heterocycles. The number of anilines is 2. The number of para-hydroxylation sites is 1. The van der Waals surface area contributed by atoms with Gasteiger partial charge in [0.25, 0.3) is 5.91 Å². The van der Waals surface area contributed by atoms with Gasteiger partial charge in [0.1, 0.15) is 5.75 Å². The van der Waals surface area contributed by atoms with E-state index in [0.29, 0.717) is 11.4 Å². The second-order valence-electron chi connectivity index (χ2n) is 4.34. The fourth-order valence-corrected chi connectivity index (χ4v) is 2.26. The maximum atomic E-state index is 11.9. The van der Waals surface area contributed by atoms with E-state index in [1.807, 2.05) is 37.3 Å². The molecule has 0 bridgehead atoms. The van der Waals surface area contributed by atoms with Gasteiger partial charge >= 0.3 is 0 Å². The van der Waals surface area contributed by atoms with Crippen molar-refractivity contribution in [2.45, 2.75) is 6.92 Å². The Balaban J connectivity index is 1.94. The quantitative estimate of drug-likeness (QED) is 0.631. The second kappa shape index (κ2) is 6.60. The van der Waals surface area contributed by atoms with Gasteiger partial charge in [0.15, 0.2) is 6.61 Å². The van der Waals surface area contributed by atoms with Crippen molar-refractivity contribution in [1.82, 2.24) is 0 Å². The lowest BCUT2D eigenvalue weighted by Crippen LogP contribution is -2.20. The highest BCUT2D eigenvalue weighted by atomic mass is 127. The van der Waals surface area contributed by atoms with Crippen LogP contribution in [0.1, 0.15) is 5.56 Å². The van der Waals surface area contributed by atoms with Crippen LogP contribution >= 0.6 is 22.6 Å². The van der Waals surface area contributed by atoms with Crippen LogP contribution in [0.5, 0.6) is 5.75 Å². The van der Waals surface area contributed by atoms with Gasteiger partial charge in [-0.1, -0.05) is 12.1 Å². The molecule has 2 rings (SSSR count). The van der Waals surface area contributed by atoms with Crippen molar-refractivity contribution in [3.63, 3.8) is 0 Å². The molecule has 0 aliphatic rings. The number of rotatable bonds is 4. The van der Waals surface area contributed by atoms with E-state index in [9.17, 15) is 4.79 Å². The van der Waals surface area contributed by atoms with Gasteiger partial charge in [0, 0.05) is 11.4 Å². The van der Waals surface area contributed by atoms with Gasteiger partial charge in [-0.15, -0.1) is 0 Å². The lowest BCUT2D eigenvalue weighted by Gasteiger charge is -2.10. The van der Waals surface area contributed by atoms with E-state index in [0.717, 1.165) is 14.8 Å². The van der Waals surface area contributed by atoms with Crippen LogP contribution < -0.4 is 15.8 Å². The van der Waals surface area contributed by atoms with Crippen molar-refractivity contribution >= 4 is 39.9 Å². The van der Waals surface area contributed by atoms with Gasteiger partial charge in [0.2, 0.25) is 0 Å². The Morgan fingerprint density at radius 2 is 2.05 bits per heavy atom. The molecular formula is C15H15IN2O2. The molecule has 2 aromatic rings. The number of halogens is 1. The van der Waals surface area contributed by atoms with Gasteiger partial charge in [-0.25, -0.2) is 0 Å². The van der Waals surface area contributed by atoms with E-state index in [1.165, 1.54) is 0 Å². The monoisotopic (exact) mass is 382 g/mol. The van der Waals surface area contributed by atoms with Gasteiger partial charge < -0.3 is 15.8 Å². The van der Waals surface area contributed by atoms with Crippen molar-refractivity contribution in [3.8, 4) is 5.75 Å². The predicted octanol–water partition coefficient (Wildman–Crippen LogP) is 3.20. The van der Waals surface area contributed by atoms with E-state index < -0.39 is 0 Å². The molecule has 0 heterocycles. The first-order chi connectivity index (χ1) is 9.56. The molecule has 4 nitrogen and oxygen atoms in total. The molecule has 0 saturated carbocycles. The molecule has 0 radical (unpaired) electrons. The van der Waals surface area contributed by atoms with Crippen LogP contribution in [0.25, 0.3) is 0 Å². The zero-order chi connectivity index (χ0) is 14.5. The van der Waals surface area contributed by atoms with Crippen molar-refractivity contribution in [1.29, 1.82) is 0 Å². The standard InChI is InChI=1S/C15H15IN2O2/c1-10-8-11(17)6-7-13(10)18-15(19)9-20-14-5-3-2-4-12(14)16/h2-8H,9,17H2,1H3,(H,18,19). The molecular weight excluding hydrogens is 367 g/mol. The van der Waals surface area contributed by atoms with Gasteiger partial charge in [0.05, 0.1) is 3.57 Å². The third-order valence-electron chi connectivity index (χ3n) is 2.72. The number of nitrogen functional groups attached to an aromatic ring is 1. The van der Waals surface area contributed by atoms with Gasteiger partial charge in [-0.3, -0.25) is 4.79 Å².